The molecule has 0 aliphatic carbocycles. The summed E-state index contributed by atoms with van der Waals surface area (Å²) in [7, 11) is 1.38. The van der Waals surface area contributed by atoms with Crippen molar-refractivity contribution in [1.29, 1.82) is 0 Å². The number of nitrogens with zero attached hydrogens (tertiary/aromatic N) is 3. The van der Waals surface area contributed by atoms with Gasteiger partial charge in [0.15, 0.2) is 11.6 Å². The van der Waals surface area contributed by atoms with Crippen molar-refractivity contribution in [1.82, 2.24) is 20.4 Å². The van der Waals surface area contributed by atoms with E-state index in [4.69, 9.17) is 9.26 Å². The highest BCUT2D eigenvalue weighted by Crippen LogP contribution is 2.37. The van der Waals surface area contributed by atoms with E-state index in [0.29, 0.717) is 28.9 Å². The van der Waals surface area contributed by atoms with Gasteiger partial charge in [-0.05, 0) is 49.2 Å². The van der Waals surface area contributed by atoms with Crippen LogP contribution in [0.4, 0.5) is 13.6 Å². The molecule has 1 unspecified atom stereocenters. The number of aromatic nitrogens is 2. The minimum Gasteiger partial charge on any atom is -0.494 e. The molecule has 3 aromatic rings. The first kappa shape index (κ1) is 21.5. The molecule has 0 saturated carbocycles. The van der Waals surface area contributed by atoms with E-state index in [1.165, 1.54) is 31.4 Å². The Kier molecular flexibility index (Phi) is 5.89. The maximum Gasteiger partial charge on any atom is 0.322 e. The van der Waals surface area contributed by atoms with Gasteiger partial charge in [0.1, 0.15) is 5.82 Å². The third-order valence-corrected chi connectivity index (χ3v) is 5.31. The zero-order valence-electron chi connectivity index (χ0n) is 17.9. The number of hydrogen-bond donors (Lipinski definition) is 1. The van der Waals surface area contributed by atoms with Gasteiger partial charge in [0.25, 0.3) is 5.89 Å². The van der Waals surface area contributed by atoms with Gasteiger partial charge in [0.2, 0.25) is 5.82 Å². The molecule has 2 amide bonds. The SMILES string of the molecule is CCCN1C(=O)NC(c2ccc(F)cc2)C(c2nc(-c3ccc(OC)c(F)c3)no2)=C1C. The Bertz CT molecular complexity index is 1170. The molecule has 166 valence electrons. The van der Waals surface area contributed by atoms with Gasteiger partial charge in [-0.25, -0.2) is 13.6 Å². The van der Waals surface area contributed by atoms with Crippen LogP contribution in [0.5, 0.6) is 5.75 Å². The van der Waals surface area contributed by atoms with Crippen molar-refractivity contribution in [3.05, 3.63) is 71.3 Å². The number of amides is 2. The molecule has 1 aromatic heterocycles. The summed E-state index contributed by atoms with van der Waals surface area (Å²) >= 11 is 0. The second-order valence-electron chi connectivity index (χ2n) is 7.36. The third kappa shape index (κ3) is 3.93. The predicted octanol–water partition coefficient (Wildman–Crippen LogP) is 4.93. The molecule has 2 heterocycles. The van der Waals surface area contributed by atoms with E-state index in [1.807, 2.05) is 6.92 Å². The topological polar surface area (TPSA) is 80.5 Å². The highest BCUT2D eigenvalue weighted by molar-refractivity contribution is 5.86. The summed E-state index contributed by atoms with van der Waals surface area (Å²) in [6.07, 6.45) is 0.749. The number of carbonyl (C=O) groups excluding carboxylic acids is 1. The first-order valence-corrected chi connectivity index (χ1v) is 10.1. The van der Waals surface area contributed by atoms with Crippen molar-refractivity contribution < 1.29 is 22.8 Å². The van der Waals surface area contributed by atoms with Gasteiger partial charge < -0.3 is 14.6 Å². The number of urea groups is 1. The maximum atomic E-state index is 14.1. The molecule has 1 aliphatic rings. The van der Waals surface area contributed by atoms with Crippen LogP contribution >= 0.6 is 0 Å². The van der Waals surface area contributed by atoms with Crippen LogP contribution < -0.4 is 10.1 Å². The number of nitrogens with one attached hydrogen (secondary N) is 1. The van der Waals surface area contributed by atoms with Crippen molar-refractivity contribution in [2.24, 2.45) is 0 Å². The standard InChI is InChI=1S/C23H22F2N4O3/c1-4-11-29-13(2)19(20(26-23(29)30)14-5-8-16(24)9-6-14)22-27-21(28-32-22)15-7-10-18(31-3)17(25)12-15/h5-10,12,20H,4,11H2,1-3H3,(H,26,30). The third-order valence-electron chi connectivity index (χ3n) is 5.31. The van der Waals surface area contributed by atoms with E-state index in [2.05, 4.69) is 15.5 Å². The molecule has 1 aliphatic heterocycles. The van der Waals surface area contributed by atoms with Crippen LogP contribution in [0.2, 0.25) is 0 Å². The fourth-order valence-electron chi connectivity index (χ4n) is 3.71. The van der Waals surface area contributed by atoms with Crippen LogP contribution in [0.3, 0.4) is 0 Å². The largest absolute Gasteiger partial charge is 0.494 e. The van der Waals surface area contributed by atoms with E-state index in [9.17, 15) is 13.6 Å². The van der Waals surface area contributed by atoms with Gasteiger partial charge >= 0.3 is 6.03 Å². The molecule has 0 spiro atoms. The molecule has 0 radical (unpaired) electrons. The first-order valence-electron chi connectivity index (χ1n) is 10.1. The minimum atomic E-state index is -0.614. The Morgan fingerprint density at radius 1 is 1.19 bits per heavy atom. The van der Waals surface area contributed by atoms with Crippen molar-refractivity contribution in [3.8, 4) is 17.1 Å². The molecule has 7 nitrogen and oxygen atoms in total. The maximum absolute atomic E-state index is 14.1. The molecule has 9 heteroatoms. The second-order valence-corrected chi connectivity index (χ2v) is 7.36. The molecule has 0 saturated heterocycles. The van der Waals surface area contributed by atoms with E-state index in [-0.39, 0.29) is 29.3 Å². The number of ether oxygens (including phenoxy) is 1. The number of carbonyl (C=O) groups is 1. The van der Waals surface area contributed by atoms with Gasteiger partial charge in [-0.15, -0.1) is 0 Å². The minimum absolute atomic E-state index is 0.109. The van der Waals surface area contributed by atoms with Gasteiger partial charge in [-0.3, -0.25) is 4.90 Å². The van der Waals surface area contributed by atoms with E-state index in [1.54, 1.807) is 30.0 Å². The van der Waals surface area contributed by atoms with E-state index < -0.39 is 11.9 Å². The Morgan fingerprint density at radius 3 is 2.59 bits per heavy atom. The number of methoxy groups -OCH3 is 1. The summed E-state index contributed by atoms with van der Waals surface area (Å²) in [5.41, 5.74) is 2.33. The molecular formula is C23H22F2N4O3. The molecule has 1 N–H and O–H groups in total. The van der Waals surface area contributed by atoms with Crippen LogP contribution in [0.15, 0.2) is 52.7 Å². The lowest BCUT2D eigenvalue weighted by Gasteiger charge is -2.35. The number of halogens is 2. The number of rotatable bonds is 6. The lowest BCUT2D eigenvalue weighted by Crippen LogP contribution is -2.46. The zero-order valence-corrected chi connectivity index (χ0v) is 17.9. The smallest absolute Gasteiger partial charge is 0.322 e. The zero-order chi connectivity index (χ0) is 22.8. The van der Waals surface area contributed by atoms with E-state index in [0.717, 1.165) is 6.42 Å². The molecule has 32 heavy (non-hydrogen) atoms. The molecule has 2 aromatic carbocycles. The quantitative estimate of drug-likeness (QED) is 0.588. The van der Waals surface area contributed by atoms with Crippen molar-refractivity contribution in [3.63, 3.8) is 0 Å². The Labute approximate surface area is 183 Å². The fraction of sp³-hybridized carbons (Fsp3) is 0.261. The molecule has 1 atom stereocenters. The van der Waals surface area contributed by atoms with Gasteiger partial charge in [0.05, 0.1) is 18.7 Å². The van der Waals surface area contributed by atoms with Crippen LogP contribution in [-0.2, 0) is 0 Å². The summed E-state index contributed by atoms with van der Waals surface area (Å²) in [5, 5.41) is 6.95. The van der Waals surface area contributed by atoms with Crippen molar-refractivity contribution in [2.45, 2.75) is 26.3 Å². The Morgan fingerprint density at radius 2 is 1.94 bits per heavy atom. The molecular weight excluding hydrogens is 418 g/mol. The van der Waals surface area contributed by atoms with Crippen LogP contribution in [0.25, 0.3) is 17.0 Å². The lowest BCUT2D eigenvalue weighted by molar-refractivity contribution is 0.205. The highest BCUT2D eigenvalue weighted by Gasteiger charge is 2.35. The number of allylic oxidation sites excluding steroid dienone is 1. The fourth-order valence-corrected chi connectivity index (χ4v) is 3.71. The summed E-state index contributed by atoms with van der Waals surface area (Å²) in [4.78, 5) is 18.8. The van der Waals surface area contributed by atoms with Crippen LogP contribution in [0.1, 0.15) is 37.8 Å². The average Bonchev–Trinajstić information content (AvgIpc) is 3.26. The monoisotopic (exact) mass is 440 g/mol. The summed E-state index contributed by atoms with van der Waals surface area (Å²) in [5.74, 6) is -0.442. The average molecular weight is 440 g/mol. The Hall–Kier alpha value is -3.75. The number of hydrogen-bond acceptors (Lipinski definition) is 5. The Balaban J connectivity index is 1.79. The van der Waals surface area contributed by atoms with Crippen LogP contribution in [-0.4, -0.2) is 34.7 Å². The van der Waals surface area contributed by atoms with E-state index >= 15 is 0 Å². The molecule has 0 fully saturated rings. The lowest BCUT2D eigenvalue weighted by atomic mass is 9.94. The number of benzene rings is 2. The molecule has 4 rings (SSSR count). The summed E-state index contributed by atoms with van der Waals surface area (Å²) < 4.78 is 38.1. The van der Waals surface area contributed by atoms with Gasteiger partial charge in [-0.2, -0.15) is 4.98 Å². The first-order chi connectivity index (χ1) is 15.4. The summed E-state index contributed by atoms with van der Waals surface area (Å²) in [6, 6.07) is 9.34. The van der Waals surface area contributed by atoms with Gasteiger partial charge in [0, 0.05) is 17.8 Å². The van der Waals surface area contributed by atoms with Gasteiger partial charge in [-0.1, -0.05) is 24.2 Å². The normalized spacial score (nSPS) is 16.3. The van der Waals surface area contributed by atoms with Crippen LogP contribution in [0, 0.1) is 11.6 Å². The van der Waals surface area contributed by atoms with Crippen molar-refractivity contribution in [2.75, 3.05) is 13.7 Å². The highest BCUT2D eigenvalue weighted by atomic mass is 19.1. The van der Waals surface area contributed by atoms with Crippen molar-refractivity contribution >= 4 is 11.6 Å². The summed E-state index contributed by atoms with van der Waals surface area (Å²) in [6.45, 7) is 4.27. The second kappa shape index (κ2) is 8.78. The predicted molar refractivity (Wildman–Crippen MR) is 114 cm³/mol. The molecule has 0 bridgehead atoms.